The maximum atomic E-state index is 13.0. The monoisotopic (exact) mass is 284 g/mol. The molecule has 108 valence electrons. The van der Waals surface area contributed by atoms with Crippen molar-refractivity contribution in [3.05, 3.63) is 65.7 Å². The molecule has 4 heteroatoms. The van der Waals surface area contributed by atoms with E-state index in [1.165, 1.54) is 12.1 Å². The van der Waals surface area contributed by atoms with E-state index in [9.17, 15) is 9.50 Å². The average molecular weight is 284 g/mol. The van der Waals surface area contributed by atoms with Crippen molar-refractivity contribution in [2.24, 2.45) is 7.05 Å². The van der Waals surface area contributed by atoms with Gasteiger partial charge in [-0.25, -0.2) is 9.37 Å². The summed E-state index contributed by atoms with van der Waals surface area (Å²) in [5.41, 5.74) is 1.52. The summed E-state index contributed by atoms with van der Waals surface area (Å²) < 4.78 is 15.0. The lowest BCUT2D eigenvalue weighted by Crippen LogP contribution is -2.25. The molecule has 0 fully saturated rings. The Morgan fingerprint density at radius 3 is 2.48 bits per heavy atom. The Morgan fingerprint density at radius 2 is 1.81 bits per heavy atom. The first-order valence-electron chi connectivity index (χ1n) is 6.86. The highest BCUT2D eigenvalue weighted by Gasteiger charge is 2.26. The zero-order valence-corrected chi connectivity index (χ0v) is 12.0. The lowest BCUT2D eigenvalue weighted by Gasteiger charge is -2.23. The van der Waals surface area contributed by atoms with Gasteiger partial charge in [0.15, 0.2) is 0 Å². The van der Waals surface area contributed by atoms with E-state index < -0.39 is 5.60 Å². The summed E-state index contributed by atoms with van der Waals surface area (Å²) in [7, 11) is 1.94. The summed E-state index contributed by atoms with van der Waals surface area (Å²) in [5, 5.41) is 10.7. The van der Waals surface area contributed by atoms with Gasteiger partial charge in [-0.05, 0) is 36.8 Å². The third-order valence-electron chi connectivity index (χ3n) is 3.85. The fourth-order valence-corrected chi connectivity index (χ4v) is 2.57. The number of nitrogens with zero attached hydrogens (tertiary/aromatic N) is 2. The molecule has 0 spiro atoms. The van der Waals surface area contributed by atoms with Crippen molar-refractivity contribution >= 4 is 11.0 Å². The molecule has 0 aliphatic rings. The number of aliphatic hydroxyl groups is 1. The van der Waals surface area contributed by atoms with Gasteiger partial charge in [0.2, 0.25) is 0 Å². The summed E-state index contributed by atoms with van der Waals surface area (Å²) in [6.07, 6.45) is 0.365. The Bertz CT molecular complexity index is 775. The van der Waals surface area contributed by atoms with Gasteiger partial charge in [0, 0.05) is 13.5 Å². The zero-order chi connectivity index (χ0) is 15.0. The van der Waals surface area contributed by atoms with Gasteiger partial charge in [-0.3, -0.25) is 0 Å². The normalized spacial score (nSPS) is 14.3. The van der Waals surface area contributed by atoms with E-state index in [-0.39, 0.29) is 5.82 Å². The molecule has 0 aliphatic carbocycles. The molecule has 1 unspecified atom stereocenters. The molecule has 0 aliphatic heterocycles. The highest BCUT2D eigenvalue weighted by molar-refractivity contribution is 5.75. The van der Waals surface area contributed by atoms with Gasteiger partial charge in [0.25, 0.3) is 0 Å². The number of benzene rings is 2. The predicted molar refractivity (Wildman–Crippen MR) is 80.4 cm³/mol. The highest BCUT2D eigenvalue weighted by atomic mass is 19.1. The topological polar surface area (TPSA) is 38.0 Å². The number of fused-ring (bicyclic) bond motifs is 1. The van der Waals surface area contributed by atoms with Gasteiger partial charge in [0.1, 0.15) is 11.6 Å². The van der Waals surface area contributed by atoms with Crippen LogP contribution in [0, 0.1) is 5.82 Å². The first-order chi connectivity index (χ1) is 9.97. The Morgan fingerprint density at radius 1 is 1.14 bits per heavy atom. The molecular weight excluding hydrogens is 267 g/mol. The maximum Gasteiger partial charge on any atom is 0.123 e. The molecule has 0 amide bonds. The summed E-state index contributed by atoms with van der Waals surface area (Å²) in [6, 6.07) is 13.8. The second kappa shape index (κ2) is 4.97. The Labute approximate surface area is 122 Å². The minimum atomic E-state index is -1.09. The standard InChI is InChI=1S/C17H17FN2O/c1-17(21,12-7-9-13(18)10-8-12)11-16-19-14-5-3-4-6-15(14)20(16)2/h3-10,21H,11H2,1-2H3. The average Bonchev–Trinajstić information content (AvgIpc) is 2.76. The van der Waals surface area contributed by atoms with Crippen molar-refractivity contribution in [1.29, 1.82) is 0 Å². The van der Waals surface area contributed by atoms with Crippen LogP contribution in [-0.2, 0) is 19.1 Å². The molecule has 1 N–H and O–H groups in total. The number of imidazole rings is 1. The largest absolute Gasteiger partial charge is 0.385 e. The van der Waals surface area contributed by atoms with Crippen LogP contribution < -0.4 is 0 Å². The van der Waals surface area contributed by atoms with Crippen LogP contribution in [0.5, 0.6) is 0 Å². The summed E-state index contributed by atoms with van der Waals surface area (Å²) in [4.78, 5) is 4.57. The summed E-state index contributed by atoms with van der Waals surface area (Å²) in [5.74, 6) is 0.489. The molecule has 3 rings (SSSR count). The minimum Gasteiger partial charge on any atom is -0.385 e. The van der Waals surface area contributed by atoms with E-state index >= 15 is 0 Å². The maximum absolute atomic E-state index is 13.0. The van der Waals surface area contributed by atoms with Crippen LogP contribution in [-0.4, -0.2) is 14.7 Å². The second-order valence-corrected chi connectivity index (χ2v) is 5.53. The first kappa shape index (κ1) is 13.8. The van der Waals surface area contributed by atoms with Crippen LogP contribution in [0.2, 0.25) is 0 Å². The van der Waals surface area contributed by atoms with Crippen LogP contribution in [0.15, 0.2) is 48.5 Å². The lowest BCUT2D eigenvalue weighted by atomic mass is 9.92. The number of hydrogen-bond donors (Lipinski definition) is 1. The molecule has 0 bridgehead atoms. The molecule has 21 heavy (non-hydrogen) atoms. The van der Waals surface area contributed by atoms with Gasteiger partial charge in [0.05, 0.1) is 16.6 Å². The van der Waals surface area contributed by atoms with Crippen LogP contribution >= 0.6 is 0 Å². The smallest absolute Gasteiger partial charge is 0.123 e. The van der Waals surface area contributed by atoms with Gasteiger partial charge >= 0.3 is 0 Å². The molecule has 0 saturated heterocycles. The van der Waals surface area contributed by atoms with E-state index in [2.05, 4.69) is 4.98 Å². The number of para-hydroxylation sites is 2. The third kappa shape index (κ3) is 2.54. The molecule has 1 atom stereocenters. The number of halogens is 1. The predicted octanol–water partition coefficient (Wildman–Crippen LogP) is 3.16. The number of hydrogen-bond acceptors (Lipinski definition) is 2. The van der Waals surface area contributed by atoms with Crippen molar-refractivity contribution in [3.63, 3.8) is 0 Å². The summed E-state index contributed by atoms with van der Waals surface area (Å²) in [6.45, 7) is 1.72. The van der Waals surface area contributed by atoms with Crippen molar-refractivity contribution in [1.82, 2.24) is 9.55 Å². The van der Waals surface area contributed by atoms with E-state index in [4.69, 9.17) is 0 Å². The molecule has 2 aromatic carbocycles. The van der Waals surface area contributed by atoms with E-state index in [1.54, 1.807) is 19.1 Å². The lowest BCUT2D eigenvalue weighted by molar-refractivity contribution is 0.0548. The van der Waals surface area contributed by atoms with Crippen molar-refractivity contribution < 1.29 is 9.50 Å². The van der Waals surface area contributed by atoms with Crippen LogP contribution in [0.4, 0.5) is 4.39 Å². The van der Waals surface area contributed by atoms with E-state index in [0.717, 1.165) is 16.9 Å². The third-order valence-corrected chi connectivity index (χ3v) is 3.85. The molecule has 0 radical (unpaired) electrons. The van der Waals surface area contributed by atoms with Crippen molar-refractivity contribution in [2.75, 3.05) is 0 Å². The van der Waals surface area contributed by atoms with Gasteiger partial charge < -0.3 is 9.67 Å². The Balaban J connectivity index is 1.96. The zero-order valence-electron chi connectivity index (χ0n) is 12.0. The molecule has 3 aromatic rings. The number of aromatic nitrogens is 2. The fraction of sp³-hybridized carbons (Fsp3) is 0.235. The second-order valence-electron chi connectivity index (χ2n) is 5.53. The van der Waals surface area contributed by atoms with Gasteiger partial charge in [-0.15, -0.1) is 0 Å². The number of rotatable bonds is 3. The molecule has 0 saturated carbocycles. The Kier molecular flexibility index (Phi) is 3.26. The van der Waals surface area contributed by atoms with Crippen molar-refractivity contribution in [3.8, 4) is 0 Å². The van der Waals surface area contributed by atoms with Crippen LogP contribution in [0.3, 0.4) is 0 Å². The molecule has 1 heterocycles. The minimum absolute atomic E-state index is 0.308. The van der Waals surface area contributed by atoms with Crippen molar-refractivity contribution in [2.45, 2.75) is 18.9 Å². The molecule has 1 aromatic heterocycles. The quantitative estimate of drug-likeness (QED) is 0.802. The van der Waals surface area contributed by atoms with E-state index in [0.29, 0.717) is 12.0 Å². The van der Waals surface area contributed by atoms with Crippen LogP contribution in [0.1, 0.15) is 18.3 Å². The molecule has 3 nitrogen and oxygen atoms in total. The fourth-order valence-electron chi connectivity index (χ4n) is 2.57. The highest BCUT2D eigenvalue weighted by Crippen LogP contribution is 2.26. The SMILES string of the molecule is Cn1c(CC(C)(O)c2ccc(F)cc2)nc2ccccc21. The van der Waals surface area contributed by atoms with Gasteiger partial charge in [-0.1, -0.05) is 24.3 Å². The van der Waals surface area contributed by atoms with Gasteiger partial charge in [-0.2, -0.15) is 0 Å². The number of aryl methyl sites for hydroxylation is 1. The van der Waals surface area contributed by atoms with E-state index in [1.807, 2.05) is 35.9 Å². The van der Waals surface area contributed by atoms with Crippen LogP contribution in [0.25, 0.3) is 11.0 Å². The Hall–Kier alpha value is -2.20. The molecular formula is C17H17FN2O. The summed E-state index contributed by atoms with van der Waals surface area (Å²) >= 11 is 0. The first-order valence-corrected chi connectivity index (χ1v) is 6.86.